The Morgan fingerprint density at radius 1 is 1.60 bits per heavy atom. The summed E-state index contributed by atoms with van der Waals surface area (Å²) in [6.07, 6.45) is -2.64. The van der Waals surface area contributed by atoms with Gasteiger partial charge in [-0.25, -0.2) is 8.78 Å². The van der Waals surface area contributed by atoms with E-state index in [0.717, 1.165) is 4.90 Å². The van der Waals surface area contributed by atoms with Crippen LogP contribution < -0.4 is 5.73 Å². The van der Waals surface area contributed by atoms with Crippen LogP contribution in [0.4, 0.5) is 8.78 Å². The zero-order valence-electron chi connectivity index (χ0n) is 8.32. The second-order valence-electron chi connectivity index (χ2n) is 3.02. The van der Waals surface area contributed by atoms with Crippen LogP contribution in [-0.2, 0) is 4.79 Å². The molecule has 4 nitrogen and oxygen atoms in total. The molecule has 0 aliphatic heterocycles. The first kappa shape index (κ1) is 14.2. The minimum absolute atomic E-state index is 0.0443. The van der Waals surface area contributed by atoms with Crippen molar-refractivity contribution in [3.63, 3.8) is 0 Å². The van der Waals surface area contributed by atoms with E-state index in [4.69, 9.17) is 10.8 Å². The van der Waals surface area contributed by atoms with Gasteiger partial charge in [0.25, 0.3) is 6.43 Å². The highest BCUT2D eigenvalue weighted by Gasteiger charge is 2.24. The van der Waals surface area contributed by atoms with E-state index in [1.165, 1.54) is 6.92 Å². The first-order valence-corrected chi connectivity index (χ1v) is 4.78. The Morgan fingerprint density at radius 2 is 2.13 bits per heavy atom. The van der Waals surface area contributed by atoms with Crippen molar-refractivity contribution in [1.29, 1.82) is 0 Å². The summed E-state index contributed by atoms with van der Waals surface area (Å²) in [5.74, 6) is -1.37. The number of aliphatic hydroxyl groups is 1. The van der Waals surface area contributed by atoms with E-state index in [2.05, 4.69) is 12.2 Å². The fourth-order valence-corrected chi connectivity index (χ4v) is 1.08. The maximum atomic E-state index is 12.1. The Kier molecular flexibility index (Phi) is 6.26. The lowest BCUT2D eigenvalue weighted by Gasteiger charge is -2.24. The molecule has 0 heterocycles. The van der Waals surface area contributed by atoms with E-state index in [1.807, 2.05) is 0 Å². The number of halogens is 2. The molecule has 0 bridgehead atoms. The second-order valence-corrected chi connectivity index (χ2v) is 3.49. The van der Waals surface area contributed by atoms with E-state index < -0.39 is 24.8 Å². The second kappa shape index (κ2) is 6.62. The standard InChI is InChI=1S/C8H14F2N2O2S/c1-5(7(11)15)8(14)12(2-3-13)4-6(9)10/h5-6,13H,2-4H2,1H3,(H2,11,15). The van der Waals surface area contributed by atoms with Crippen LogP contribution in [0, 0.1) is 5.92 Å². The van der Waals surface area contributed by atoms with Gasteiger partial charge in [-0.2, -0.15) is 0 Å². The van der Waals surface area contributed by atoms with Crippen LogP contribution in [0.2, 0.25) is 0 Å². The van der Waals surface area contributed by atoms with Gasteiger partial charge in [0, 0.05) is 6.54 Å². The quantitative estimate of drug-likeness (QED) is 0.641. The van der Waals surface area contributed by atoms with Crippen molar-refractivity contribution in [2.24, 2.45) is 11.7 Å². The van der Waals surface area contributed by atoms with Gasteiger partial charge in [0.2, 0.25) is 5.91 Å². The molecule has 0 aromatic rings. The number of carbonyl (C=O) groups excluding carboxylic acids is 1. The van der Waals surface area contributed by atoms with Gasteiger partial charge in [0.1, 0.15) is 0 Å². The van der Waals surface area contributed by atoms with Gasteiger partial charge in [0.05, 0.1) is 24.1 Å². The highest BCUT2D eigenvalue weighted by molar-refractivity contribution is 7.80. The van der Waals surface area contributed by atoms with Gasteiger partial charge >= 0.3 is 0 Å². The van der Waals surface area contributed by atoms with Crippen LogP contribution in [-0.4, -0.2) is 47.0 Å². The van der Waals surface area contributed by atoms with Crippen molar-refractivity contribution in [1.82, 2.24) is 4.90 Å². The number of carbonyl (C=O) groups is 1. The summed E-state index contributed by atoms with van der Waals surface area (Å²) in [5.41, 5.74) is 5.24. The van der Waals surface area contributed by atoms with E-state index in [1.54, 1.807) is 0 Å². The monoisotopic (exact) mass is 240 g/mol. The molecule has 0 spiro atoms. The number of thiocarbonyl (C=S) groups is 1. The van der Waals surface area contributed by atoms with Crippen molar-refractivity contribution >= 4 is 23.1 Å². The molecule has 1 atom stereocenters. The molecule has 0 aliphatic rings. The van der Waals surface area contributed by atoms with Crippen LogP contribution in [0.3, 0.4) is 0 Å². The number of hydrogen-bond donors (Lipinski definition) is 2. The molecule has 0 saturated heterocycles. The van der Waals surface area contributed by atoms with Gasteiger partial charge in [-0.1, -0.05) is 12.2 Å². The molecule has 0 saturated carbocycles. The van der Waals surface area contributed by atoms with Crippen LogP contribution >= 0.6 is 12.2 Å². The van der Waals surface area contributed by atoms with Crippen LogP contribution in [0.5, 0.6) is 0 Å². The summed E-state index contributed by atoms with van der Waals surface area (Å²) in [5, 5.41) is 8.62. The lowest BCUT2D eigenvalue weighted by Crippen LogP contribution is -2.43. The first-order valence-electron chi connectivity index (χ1n) is 4.37. The number of nitrogens with zero attached hydrogens (tertiary/aromatic N) is 1. The largest absolute Gasteiger partial charge is 0.395 e. The third-order valence-electron chi connectivity index (χ3n) is 1.84. The average molecular weight is 240 g/mol. The molecule has 0 aromatic heterocycles. The van der Waals surface area contributed by atoms with Crippen molar-refractivity contribution < 1.29 is 18.7 Å². The van der Waals surface area contributed by atoms with Gasteiger partial charge in [-0.05, 0) is 6.92 Å². The lowest BCUT2D eigenvalue weighted by molar-refractivity contribution is -0.135. The third-order valence-corrected chi connectivity index (χ3v) is 2.19. The molecule has 1 unspecified atom stereocenters. The first-order chi connectivity index (χ1) is 6.90. The normalized spacial score (nSPS) is 12.6. The number of rotatable bonds is 6. The summed E-state index contributed by atoms with van der Waals surface area (Å²) in [6.45, 7) is 0.214. The molecule has 88 valence electrons. The molecule has 0 aliphatic carbocycles. The Bertz CT molecular complexity index is 239. The molecule has 7 heteroatoms. The maximum Gasteiger partial charge on any atom is 0.255 e. The zero-order valence-corrected chi connectivity index (χ0v) is 9.14. The number of hydrogen-bond acceptors (Lipinski definition) is 3. The molecular weight excluding hydrogens is 226 g/mol. The Labute approximate surface area is 92.0 Å². The van der Waals surface area contributed by atoms with Gasteiger partial charge < -0.3 is 15.7 Å². The van der Waals surface area contributed by atoms with Crippen molar-refractivity contribution in [2.45, 2.75) is 13.3 Å². The molecular formula is C8H14F2N2O2S. The summed E-state index contributed by atoms with van der Waals surface area (Å²) in [7, 11) is 0. The minimum Gasteiger partial charge on any atom is -0.395 e. The summed E-state index contributed by atoms with van der Waals surface area (Å²) < 4.78 is 24.2. The molecule has 0 radical (unpaired) electrons. The molecule has 15 heavy (non-hydrogen) atoms. The number of nitrogens with two attached hydrogens (primary N) is 1. The summed E-state index contributed by atoms with van der Waals surface area (Å²) in [6, 6.07) is 0. The van der Waals surface area contributed by atoms with Crippen molar-refractivity contribution in [3.8, 4) is 0 Å². The SMILES string of the molecule is CC(C(=O)N(CCO)CC(F)F)C(N)=S. The van der Waals surface area contributed by atoms with Crippen LogP contribution in [0.25, 0.3) is 0 Å². The Hall–Kier alpha value is -0.820. The minimum atomic E-state index is -2.64. The summed E-state index contributed by atoms with van der Waals surface area (Å²) in [4.78, 5) is 12.3. The smallest absolute Gasteiger partial charge is 0.255 e. The maximum absolute atomic E-state index is 12.1. The lowest BCUT2D eigenvalue weighted by atomic mass is 10.1. The van der Waals surface area contributed by atoms with Crippen LogP contribution in [0.15, 0.2) is 0 Å². The van der Waals surface area contributed by atoms with E-state index >= 15 is 0 Å². The van der Waals surface area contributed by atoms with E-state index in [9.17, 15) is 13.6 Å². The third kappa shape index (κ3) is 4.98. The number of alkyl halides is 2. The molecule has 1 amide bonds. The summed E-state index contributed by atoms with van der Waals surface area (Å²) >= 11 is 4.59. The van der Waals surface area contributed by atoms with Crippen molar-refractivity contribution in [3.05, 3.63) is 0 Å². The highest BCUT2D eigenvalue weighted by atomic mass is 32.1. The number of amides is 1. The van der Waals surface area contributed by atoms with E-state index in [-0.39, 0.29) is 18.1 Å². The Balaban J connectivity index is 4.47. The van der Waals surface area contributed by atoms with E-state index in [0.29, 0.717) is 0 Å². The molecule has 0 aromatic carbocycles. The van der Waals surface area contributed by atoms with Gasteiger partial charge in [0.15, 0.2) is 0 Å². The topological polar surface area (TPSA) is 66.6 Å². The molecule has 0 rings (SSSR count). The highest BCUT2D eigenvalue weighted by Crippen LogP contribution is 2.06. The van der Waals surface area contributed by atoms with Gasteiger partial charge in [-0.15, -0.1) is 0 Å². The zero-order chi connectivity index (χ0) is 12.0. The fourth-order valence-electron chi connectivity index (χ4n) is 0.974. The number of aliphatic hydroxyl groups excluding tert-OH is 1. The van der Waals surface area contributed by atoms with Crippen molar-refractivity contribution in [2.75, 3.05) is 19.7 Å². The molecule has 3 N–H and O–H groups in total. The fraction of sp³-hybridized carbons (Fsp3) is 0.750. The Morgan fingerprint density at radius 3 is 2.47 bits per heavy atom. The van der Waals surface area contributed by atoms with Gasteiger partial charge in [-0.3, -0.25) is 4.79 Å². The average Bonchev–Trinajstić information content (AvgIpc) is 2.14. The predicted molar refractivity (Wildman–Crippen MR) is 55.6 cm³/mol. The molecule has 0 fully saturated rings. The predicted octanol–water partition coefficient (Wildman–Crippen LogP) is -0.00540. The van der Waals surface area contributed by atoms with Crippen LogP contribution in [0.1, 0.15) is 6.92 Å².